The molecule has 1 nitrogen and oxygen atoms in total. The molecular weight excluding hydrogens is 364 g/mol. The van der Waals surface area contributed by atoms with Gasteiger partial charge in [0, 0.05) is 20.2 Å². The van der Waals surface area contributed by atoms with Gasteiger partial charge in [-0.2, -0.15) is 0 Å². The second kappa shape index (κ2) is 5.99. The average Bonchev–Trinajstić information content (AvgIpc) is 2.34. The average molecular weight is 376 g/mol. The standard InChI is InChI=1S/C14H12ClFIN/c15-12-2-1-3-13(16)11(12)8-14(18)9-4-6-10(17)7-5-9/h1-7,14H,8,18H2. The third-order valence-corrected chi connectivity index (χ3v) is 3.86. The van der Waals surface area contributed by atoms with Crippen molar-refractivity contribution in [3.63, 3.8) is 0 Å². The van der Waals surface area contributed by atoms with Gasteiger partial charge >= 0.3 is 0 Å². The van der Waals surface area contributed by atoms with Crippen molar-refractivity contribution in [2.45, 2.75) is 12.5 Å². The van der Waals surface area contributed by atoms with Gasteiger partial charge in [0.15, 0.2) is 0 Å². The Hall–Kier alpha value is -0.650. The van der Waals surface area contributed by atoms with Crippen LogP contribution < -0.4 is 5.73 Å². The van der Waals surface area contributed by atoms with Crippen molar-refractivity contribution < 1.29 is 4.39 Å². The van der Waals surface area contributed by atoms with E-state index in [1.807, 2.05) is 24.3 Å². The number of hydrogen-bond donors (Lipinski definition) is 1. The van der Waals surface area contributed by atoms with Crippen molar-refractivity contribution in [2.75, 3.05) is 0 Å². The molecule has 0 saturated carbocycles. The second-order valence-corrected chi connectivity index (χ2v) is 5.72. The Morgan fingerprint density at radius 1 is 1.17 bits per heavy atom. The van der Waals surface area contributed by atoms with E-state index in [0.717, 1.165) is 9.13 Å². The topological polar surface area (TPSA) is 26.0 Å². The Morgan fingerprint density at radius 2 is 1.83 bits per heavy atom. The zero-order valence-corrected chi connectivity index (χ0v) is 12.5. The molecular formula is C14H12ClFIN. The van der Waals surface area contributed by atoms with E-state index in [1.165, 1.54) is 6.07 Å². The molecule has 0 bridgehead atoms. The van der Waals surface area contributed by atoms with Crippen LogP contribution in [0.15, 0.2) is 42.5 Å². The molecule has 0 radical (unpaired) electrons. The molecule has 0 heterocycles. The fourth-order valence-corrected chi connectivity index (χ4v) is 2.37. The molecule has 4 heteroatoms. The van der Waals surface area contributed by atoms with Crippen LogP contribution in [0.1, 0.15) is 17.2 Å². The molecule has 2 N–H and O–H groups in total. The van der Waals surface area contributed by atoms with Crippen LogP contribution in [0.25, 0.3) is 0 Å². The van der Waals surface area contributed by atoms with Crippen LogP contribution in [0.5, 0.6) is 0 Å². The molecule has 1 atom stereocenters. The van der Waals surface area contributed by atoms with E-state index in [1.54, 1.807) is 12.1 Å². The molecule has 0 aliphatic carbocycles. The molecule has 0 fully saturated rings. The first kappa shape index (κ1) is 13.8. The first-order chi connectivity index (χ1) is 8.58. The molecule has 0 amide bonds. The Balaban J connectivity index is 2.21. The summed E-state index contributed by atoms with van der Waals surface area (Å²) < 4.78 is 14.8. The number of halogens is 3. The maximum absolute atomic E-state index is 13.6. The highest BCUT2D eigenvalue weighted by Crippen LogP contribution is 2.24. The summed E-state index contributed by atoms with van der Waals surface area (Å²) in [6.45, 7) is 0. The van der Waals surface area contributed by atoms with Gasteiger partial charge in [0.25, 0.3) is 0 Å². The Labute approximate surface area is 124 Å². The summed E-state index contributed by atoms with van der Waals surface area (Å²) in [6.07, 6.45) is 0.395. The minimum absolute atomic E-state index is 0.253. The van der Waals surface area contributed by atoms with Crippen LogP contribution >= 0.6 is 34.2 Å². The predicted octanol–water partition coefficient (Wildman–Crippen LogP) is 4.33. The normalized spacial score (nSPS) is 12.4. The summed E-state index contributed by atoms with van der Waals surface area (Å²) in [6, 6.07) is 12.3. The predicted molar refractivity (Wildman–Crippen MR) is 81.2 cm³/mol. The fraction of sp³-hybridized carbons (Fsp3) is 0.143. The maximum Gasteiger partial charge on any atom is 0.127 e. The molecule has 0 saturated heterocycles. The lowest BCUT2D eigenvalue weighted by Crippen LogP contribution is -2.14. The molecule has 2 rings (SSSR count). The van der Waals surface area contributed by atoms with E-state index in [0.29, 0.717) is 17.0 Å². The molecule has 0 aliphatic heterocycles. The quantitative estimate of drug-likeness (QED) is 0.794. The fourth-order valence-electron chi connectivity index (χ4n) is 1.78. The number of nitrogens with two attached hydrogens (primary N) is 1. The van der Waals surface area contributed by atoms with Crippen molar-refractivity contribution in [1.29, 1.82) is 0 Å². The largest absolute Gasteiger partial charge is 0.324 e. The van der Waals surface area contributed by atoms with Gasteiger partial charge in [-0.15, -0.1) is 0 Å². The highest BCUT2D eigenvalue weighted by Gasteiger charge is 2.13. The Morgan fingerprint density at radius 3 is 2.44 bits per heavy atom. The number of hydrogen-bond acceptors (Lipinski definition) is 1. The minimum atomic E-state index is -0.302. The van der Waals surface area contributed by atoms with E-state index in [2.05, 4.69) is 22.6 Å². The zero-order chi connectivity index (χ0) is 13.1. The SMILES string of the molecule is NC(Cc1c(F)cccc1Cl)c1ccc(I)cc1. The summed E-state index contributed by atoms with van der Waals surface area (Å²) in [5, 5.41) is 0.427. The van der Waals surface area contributed by atoms with Gasteiger partial charge in [-0.3, -0.25) is 0 Å². The highest BCUT2D eigenvalue weighted by molar-refractivity contribution is 14.1. The number of benzene rings is 2. The van der Waals surface area contributed by atoms with E-state index in [4.69, 9.17) is 17.3 Å². The summed E-state index contributed by atoms with van der Waals surface area (Å²) in [5.41, 5.74) is 7.55. The monoisotopic (exact) mass is 375 g/mol. The first-order valence-electron chi connectivity index (χ1n) is 5.52. The van der Waals surface area contributed by atoms with Gasteiger partial charge in [-0.1, -0.05) is 29.8 Å². The van der Waals surface area contributed by atoms with Gasteiger partial charge in [-0.25, -0.2) is 4.39 Å². The van der Waals surface area contributed by atoms with E-state index in [9.17, 15) is 4.39 Å². The van der Waals surface area contributed by atoms with Gasteiger partial charge in [0.2, 0.25) is 0 Å². The molecule has 94 valence electrons. The Bertz CT molecular complexity index is 522. The molecule has 1 unspecified atom stereocenters. The zero-order valence-electron chi connectivity index (χ0n) is 9.54. The van der Waals surface area contributed by atoms with Crippen molar-refractivity contribution >= 4 is 34.2 Å². The summed E-state index contributed by atoms with van der Waals surface area (Å²) in [7, 11) is 0. The van der Waals surface area contributed by atoms with Crippen molar-refractivity contribution in [3.8, 4) is 0 Å². The molecule has 0 aliphatic rings. The third-order valence-electron chi connectivity index (χ3n) is 2.78. The van der Waals surface area contributed by atoms with Gasteiger partial charge in [0.1, 0.15) is 5.82 Å². The lowest BCUT2D eigenvalue weighted by atomic mass is 9.99. The third kappa shape index (κ3) is 3.22. The van der Waals surface area contributed by atoms with Crippen LogP contribution in [-0.4, -0.2) is 0 Å². The summed E-state index contributed by atoms with van der Waals surface area (Å²) >= 11 is 8.22. The molecule has 2 aromatic carbocycles. The van der Waals surface area contributed by atoms with Crippen molar-refractivity contribution in [1.82, 2.24) is 0 Å². The molecule has 0 spiro atoms. The van der Waals surface area contributed by atoms with Crippen LogP contribution in [-0.2, 0) is 6.42 Å². The van der Waals surface area contributed by atoms with Crippen LogP contribution in [0.2, 0.25) is 5.02 Å². The van der Waals surface area contributed by atoms with Crippen LogP contribution in [0.3, 0.4) is 0 Å². The first-order valence-corrected chi connectivity index (χ1v) is 6.97. The van der Waals surface area contributed by atoms with E-state index in [-0.39, 0.29) is 11.9 Å². The van der Waals surface area contributed by atoms with Crippen molar-refractivity contribution in [2.24, 2.45) is 5.73 Å². The van der Waals surface area contributed by atoms with Crippen LogP contribution in [0.4, 0.5) is 4.39 Å². The van der Waals surface area contributed by atoms with Gasteiger partial charge < -0.3 is 5.73 Å². The van der Waals surface area contributed by atoms with E-state index < -0.39 is 0 Å². The smallest absolute Gasteiger partial charge is 0.127 e. The van der Waals surface area contributed by atoms with Gasteiger partial charge in [0.05, 0.1) is 0 Å². The van der Waals surface area contributed by atoms with Gasteiger partial charge in [-0.05, 0) is 58.8 Å². The molecule has 18 heavy (non-hydrogen) atoms. The lowest BCUT2D eigenvalue weighted by Gasteiger charge is -2.14. The summed E-state index contributed by atoms with van der Waals surface area (Å²) in [4.78, 5) is 0. The lowest BCUT2D eigenvalue weighted by molar-refractivity contribution is 0.593. The van der Waals surface area contributed by atoms with E-state index >= 15 is 0 Å². The number of rotatable bonds is 3. The minimum Gasteiger partial charge on any atom is -0.324 e. The highest BCUT2D eigenvalue weighted by atomic mass is 127. The maximum atomic E-state index is 13.6. The van der Waals surface area contributed by atoms with Crippen molar-refractivity contribution in [3.05, 3.63) is 68.0 Å². The Kier molecular flexibility index (Phi) is 4.59. The molecule has 0 aromatic heterocycles. The molecule has 2 aromatic rings. The van der Waals surface area contributed by atoms with Crippen LogP contribution in [0, 0.1) is 9.39 Å². The summed E-state index contributed by atoms with van der Waals surface area (Å²) in [5.74, 6) is -0.302. The second-order valence-electron chi connectivity index (χ2n) is 4.06.